The smallest absolute Gasteiger partial charge is 0.305 e. The average Bonchev–Trinajstić information content (AvgIpc) is 3.33. The third kappa shape index (κ3) is 14.9. The van der Waals surface area contributed by atoms with Gasteiger partial charge in [0.25, 0.3) is 17.7 Å². The van der Waals surface area contributed by atoms with Crippen molar-refractivity contribution in [2.24, 2.45) is 0 Å². The second-order valence-corrected chi connectivity index (χ2v) is 16.4. The zero-order valence-electron chi connectivity index (χ0n) is 37.8. The second kappa shape index (κ2) is 25.7. The predicted molar refractivity (Wildman–Crippen MR) is 250 cm³/mol. The van der Waals surface area contributed by atoms with Gasteiger partial charge in [-0.25, -0.2) is 0 Å². The van der Waals surface area contributed by atoms with Crippen molar-refractivity contribution in [3.63, 3.8) is 0 Å². The van der Waals surface area contributed by atoms with Crippen LogP contribution in [0.4, 0.5) is 11.4 Å². The number of carbonyl (C=O) groups is 4. The molecule has 15 heteroatoms. The lowest BCUT2D eigenvalue weighted by Crippen LogP contribution is -2.39. The highest BCUT2D eigenvalue weighted by Crippen LogP contribution is 2.34. The number of aromatic nitrogens is 1. The zero-order valence-corrected chi connectivity index (χ0v) is 37.8. The van der Waals surface area contributed by atoms with Crippen LogP contribution < -0.4 is 15.5 Å². The molecule has 1 atom stereocenters. The monoisotopic (exact) mass is 892 g/mol. The first-order valence-electron chi connectivity index (χ1n) is 22.8. The molecule has 0 bridgehead atoms. The fourth-order valence-electron chi connectivity index (χ4n) is 8.12. The molecule has 1 fully saturated rings. The topological polar surface area (TPSA) is 172 Å². The number of anilines is 2. The summed E-state index contributed by atoms with van der Waals surface area (Å²) in [5.41, 5.74) is 6.47. The van der Waals surface area contributed by atoms with Gasteiger partial charge in [-0.15, -0.1) is 0 Å². The molecule has 0 spiro atoms. The number of hydrogen-bond donors (Lipinski definition) is 3. The Labute approximate surface area is 382 Å². The van der Waals surface area contributed by atoms with Gasteiger partial charge in [0.15, 0.2) is 0 Å². The molecule has 3 N–H and O–H groups in total. The lowest BCUT2D eigenvalue weighted by Gasteiger charge is -2.29. The van der Waals surface area contributed by atoms with Crippen molar-refractivity contribution in [2.75, 3.05) is 110 Å². The second-order valence-electron chi connectivity index (χ2n) is 16.4. The maximum atomic E-state index is 14.0. The van der Waals surface area contributed by atoms with Gasteiger partial charge in [-0.1, -0.05) is 30.3 Å². The molecule has 15 nitrogen and oxygen atoms in total. The standard InChI is InChI=1S/C50H64N6O9/c1-54(23-24-55(25-28-62-2)26-29-64-31-33-65-32-30-63-27-19-47(57)58)50(61)40-13-8-12-38(34-40)48(59)53-45-17-16-41(56-21-6-3-7-22-56)36-43(45)46-35-39(18-20-51-46)49(60)52-44-15-9-11-37-10-4-5-14-42(37)44/h4-5,8,10,12-14,16-18,20,34-36,44H,3,6-7,9,11,15,19,21-33H2,1-2H3,(H,52,60)(H,53,59)(H,57,58). The van der Waals surface area contributed by atoms with Gasteiger partial charge in [0, 0.05) is 87.6 Å². The SMILES string of the molecule is COCCN(CCOCCOCCOCCC(=O)O)CCN(C)C(=O)c1cccc(C(=O)Nc2ccc(N3CCCCC3)cc2-c2cc(C(=O)NC3CCCc4ccccc43)ccn2)c1. The van der Waals surface area contributed by atoms with Crippen LogP contribution in [0.1, 0.15) is 86.8 Å². The van der Waals surface area contributed by atoms with E-state index in [1.165, 1.54) is 12.0 Å². The fraction of sp³-hybridized carbons (Fsp3) is 0.460. The molecule has 2 heterocycles. The minimum absolute atomic E-state index is 0.0355. The fourth-order valence-corrected chi connectivity index (χ4v) is 8.12. The molecular formula is C50H64N6O9. The molecule has 0 radical (unpaired) electrons. The van der Waals surface area contributed by atoms with Crippen molar-refractivity contribution in [1.29, 1.82) is 0 Å². The maximum Gasteiger partial charge on any atom is 0.305 e. The number of carboxylic acid groups (broad SMARTS) is 1. The van der Waals surface area contributed by atoms with Crippen LogP contribution in [0.3, 0.4) is 0 Å². The number of piperidine rings is 1. The summed E-state index contributed by atoms with van der Waals surface area (Å²) in [4.78, 5) is 62.9. The molecule has 3 aromatic carbocycles. The van der Waals surface area contributed by atoms with Gasteiger partial charge in [-0.05, 0) is 98.2 Å². The predicted octanol–water partition coefficient (Wildman–Crippen LogP) is 6.34. The number of carbonyl (C=O) groups excluding carboxylic acids is 3. The molecule has 1 aromatic heterocycles. The van der Waals surface area contributed by atoms with Crippen LogP contribution in [0.25, 0.3) is 11.3 Å². The molecule has 1 unspecified atom stereocenters. The van der Waals surface area contributed by atoms with E-state index < -0.39 is 5.97 Å². The number of ether oxygens (including phenoxy) is 4. The summed E-state index contributed by atoms with van der Waals surface area (Å²) in [7, 11) is 3.39. The summed E-state index contributed by atoms with van der Waals surface area (Å²) in [6.07, 6.45) is 7.89. The molecule has 3 amide bonds. The number of hydrogen-bond acceptors (Lipinski definition) is 11. The van der Waals surface area contributed by atoms with E-state index in [9.17, 15) is 19.2 Å². The Bertz CT molecular complexity index is 2180. The number of benzene rings is 3. The summed E-state index contributed by atoms with van der Waals surface area (Å²) < 4.78 is 21.8. The van der Waals surface area contributed by atoms with Gasteiger partial charge in [0.05, 0.1) is 70.1 Å². The van der Waals surface area contributed by atoms with E-state index in [0.29, 0.717) is 99.5 Å². The number of rotatable bonds is 25. The molecule has 348 valence electrons. The molecule has 1 aliphatic heterocycles. The van der Waals surface area contributed by atoms with Crippen molar-refractivity contribution < 1.29 is 43.2 Å². The third-order valence-electron chi connectivity index (χ3n) is 11.8. The highest BCUT2D eigenvalue weighted by molar-refractivity contribution is 6.08. The Morgan fingerprint density at radius 1 is 0.738 bits per heavy atom. The van der Waals surface area contributed by atoms with Crippen molar-refractivity contribution in [2.45, 2.75) is 51.0 Å². The minimum atomic E-state index is -0.896. The molecule has 0 saturated carbocycles. The van der Waals surface area contributed by atoms with E-state index in [1.807, 2.05) is 30.3 Å². The number of pyridine rings is 1. The van der Waals surface area contributed by atoms with Crippen LogP contribution >= 0.6 is 0 Å². The van der Waals surface area contributed by atoms with Crippen LogP contribution in [0.15, 0.2) is 85.1 Å². The summed E-state index contributed by atoms with van der Waals surface area (Å²) >= 11 is 0. The first kappa shape index (κ1) is 48.7. The number of methoxy groups -OCH3 is 1. The largest absolute Gasteiger partial charge is 0.481 e. The highest BCUT2D eigenvalue weighted by Gasteiger charge is 2.24. The van der Waals surface area contributed by atoms with E-state index in [4.69, 9.17) is 29.0 Å². The quantitative estimate of drug-likeness (QED) is 0.0632. The van der Waals surface area contributed by atoms with Crippen LogP contribution in [-0.2, 0) is 30.2 Å². The number of carboxylic acids is 1. The van der Waals surface area contributed by atoms with Gasteiger partial charge in [0.1, 0.15) is 0 Å². The van der Waals surface area contributed by atoms with Crippen molar-refractivity contribution in [1.82, 2.24) is 20.1 Å². The zero-order chi connectivity index (χ0) is 45.8. The Morgan fingerprint density at radius 3 is 2.25 bits per heavy atom. The van der Waals surface area contributed by atoms with E-state index >= 15 is 0 Å². The van der Waals surface area contributed by atoms with E-state index in [0.717, 1.165) is 56.4 Å². The molecule has 2 aliphatic rings. The van der Waals surface area contributed by atoms with Gasteiger partial charge in [0.2, 0.25) is 0 Å². The van der Waals surface area contributed by atoms with Gasteiger partial charge in [-0.2, -0.15) is 0 Å². The van der Waals surface area contributed by atoms with Crippen LogP contribution in [0.2, 0.25) is 0 Å². The number of amides is 3. The Hall–Kier alpha value is -5.71. The number of nitrogens with one attached hydrogen (secondary N) is 2. The third-order valence-corrected chi connectivity index (χ3v) is 11.8. The summed E-state index contributed by atoms with van der Waals surface area (Å²) in [6, 6.07) is 24.4. The Kier molecular flexibility index (Phi) is 19.3. The summed E-state index contributed by atoms with van der Waals surface area (Å²) in [5.74, 6) is -1.66. The number of aryl methyl sites for hydroxylation is 1. The van der Waals surface area contributed by atoms with Crippen molar-refractivity contribution in [3.8, 4) is 11.3 Å². The van der Waals surface area contributed by atoms with Gasteiger partial charge >= 0.3 is 5.97 Å². The van der Waals surface area contributed by atoms with Gasteiger partial charge in [-0.3, -0.25) is 29.1 Å². The highest BCUT2D eigenvalue weighted by atomic mass is 16.5. The average molecular weight is 893 g/mol. The number of likely N-dealkylation sites (N-methyl/N-ethyl adjacent to an activating group) is 1. The van der Waals surface area contributed by atoms with E-state index in [2.05, 4.69) is 32.6 Å². The molecule has 6 rings (SSSR count). The van der Waals surface area contributed by atoms with Gasteiger partial charge < -0.3 is 44.5 Å². The molecule has 65 heavy (non-hydrogen) atoms. The normalized spacial score (nSPS) is 14.8. The lowest BCUT2D eigenvalue weighted by atomic mass is 9.87. The molecular weight excluding hydrogens is 829 g/mol. The summed E-state index contributed by atoms with van der Waals surface area (Å²) in [6.45, 7) is 6.80. The van der Waals surface area contributed by atoms with Crippen molar-refractivity contribution in [3.05, 3.63) is 113 Å². The summed E-state index contributed by atoms with van der Waals surface area (Å²) in [5, 5.41) is 15.0. The first-order chi connectivity index (χ1) is 31.7. The van der Waals surface area contributed by atoms with Crippen LogP contribution in [-0.4, -0.2) is 143 Å². The molecule has 1 aliphatic carbocycles. The van der Waals surface area contributed by atoms with Crippen LogP contribution in [0, 0.1) is 0 Å². The maximum absolute atomic E-state index is 14.0. The Morgan fingerprint density at radius 2 is 1.46 bits per heavy atom. The van der Waals surface area contributed by atoms with Crippen molar-refractivity contribution >= 4 is 35.1 Å². The lowest BCUT2D eigenvalue weighted by molar-refractivity contribution is -0.138. The minimum Gasteiger partial charge on any atom is -0.481 e. The van der Waals surface area contributed by atoms with E-state index in [-0.39, 0.29) is 36.8 Å². The number of aliphatic carboxylic acids is 1. The Balaban J connectivity index is 1.07. The van der Waals surface area contributed by atoms with E-state index in [1.54, 1.807) is 61.7 Å². The number of fused-ring (bicyclic) bond motifs is 1. The van der Waals surface area contributed by atoms with Crippen LogP contribution in [0.5, 0.6) is 0 Å². The molecule has 1 saturated heterocycles. The molecule has 4 aromatic rings. The first-order valence-corrected chi connectivity index (χ1v) is 22.8. The number of nitrogens with zero attached hydrogens (tertiary/aromatic N) is 4.